The molecule has 0 atom stereocenters. The molecule has 0 amide bonds. The second-order valence-corrected chi connectivity index (χ2v) is 3.06. The van der Waals surface area contributed by atoms with E-state index in [9.17, 15) is 4.79 Å². The number of rotatable bonds is 2. The Bertz CT molecular complexity index is 381. The van der Waals surface area contributed by atoms with Crippen molar-refractivity contribution in [3.05, 3.63) is 71.8 Å². The standard InChI is InChI=1S/C13H10O.Pb/c14-13(11-7-3-1-4-8-11)12-9-5-2-6-10-12;/h1-10H;. The Morgan fingerprint density at radius 3 is 1.33 bits per heavy atom. The van der Waals surface area contributed by atoms with Crippen molar-refractivity contribution in [2.24, 2.45) is 0 Å². The molecular weight excluding hydrogens is 379 g/mol. The van der Waals surface area contributed by atoms with Crippen LogP contribution in [0, 0.1) is 0 Å². The molecule has 0 heterocycles. The van der Waals surface area contributed by atoms with E-state index in [2.05, 4.69) is 0 Å². The zero-order chi connectivity index (χ0) is 9.80. The summed E-state index contributed by atoms with van der Waals surface area (Å²) in [6.07, 6.45) is 0. The molecule has 72 valence electrons. The summed E-state index contributed by atoms with van der Waals surface area (Å²) in [6.45, 7) is 0. The minimum absolute atomic E-state index is 0. The van der Waals surface area contributed by atoms with Gasteiger partial charge in [0.15, 0.2) is 5.78 Å². The monoisotopic (exact) mass is 390 g/mol. The molecule has 0 saturated heterocycles. The van der Waals surface area contributed by atoms with Gasteiger partial charge in [0, 0.05) is 38.4 Å². The number of carbonyl (C=O) groups excluding carboxylic acids is 1. The van der Waals surface area contributed by atoms with Crippen LogP contribution in [0.5, 0.6) is 0 Å². The molecule has 0 N–H and O–H groups in total. The fourth-order valence-electron chi connectivity index (χ4n) is 1.35. The maximum Gasteiger partial charge on any atom is 0.193 e. The number of ketones is 1. The Morgan fingerprint density at radius 2 is 1.00 bits per heavy atom. The molecule has 15 heavy (non-hydrogen) atoms. The minimum Gasteiger partial charge on any atom is -0.289 e. The number of carbonyl (C=O) groups is 1. The zero-order valence-corrected chi connectivity index (χ0v) is 12.1. The third kappa shape index (κ3) is 2.99. The molecule has 2 rings (SSSR count). The van der Waals surface area contributed by atoms with Gasteiger partial charge in [-0.25, -0.2) is 0 Å². The minimum atomic E-state index is 0. The fourth-order valence-corrected chi connectivity index (χ4v) is 1.35. The Balaban J connectivity index is 0.00000112. The maximum atomic E-state index is 11.8. The van der Waals surface area contributed by atoms with Crippen LogP contribution >= 0.6 is 0 Å². The van der Waals surface area contributed by atoms with Crippen LogP contribution in [-0.2, 0) is 0 Å². The van der Waals surface area contributed by atoms with Crippen LogP contribution in [-0.4, -0.2) is 33.1 Å². The first-order chi connectivity index (χ1) is 6.88. The van der Waals surface area contributed by atoms with Crippen molar-refractivity contribution in [3.63, 3.8) is 0 Å². The van der Waals surface area contributed by atoms with Crippen LogP contribution in [0.2, 0.25) is 0 Å². The van der Waals surface area contributed by atoms with E-state index in [1.807, 2.05) is 60.7 Å². The molecule has 2 aromatic rings. The summed E-state index contributed by atoms with van der Waals surface area (Å²) < 4.78 is 0. The quantitative estimate of drug-likeness (QED) is 0.570. The Hall–Kier alpha value is -0.968. The third-order valence-corrected chi connectivity index (χ3v) is 2.07. The van der Waals surface area contributed by atoms with Crippen molar-refractivity contribution < 1.29 is 4.79 Å². The predicted octanol–water partition coefficient (Wildman–Crippen LogP) is 2.54. The first-order valence-corrected chi connectivity index (χ1v) is 4.53. The summed E-state index contributed by atoms with van der Waals surface area (Å²) in [5.41, 5.74) is 1.47. The molecule has 0 aliphatic heterocycles. The topological polar surface area (TPSA) is 17.1 Å². The molecule has 0 bridgehead atoms. The van der Waals surface area contributed by atoms with Gasteiger partial charge in [0.1, 0.15) is 0 Å². The Labute approximate surface area is 109 Å². The summed E-state index contributed by atoms with van der Waals surface area (Å²) in [7, 11) is 0. The van der Waals surface area contributed by atoms with Gasteiger partial charge in [-0.15, -0.1) is 0 Å². The van der Waals surface area contributed by atoms with Crippen LogP contribution in [0.1, 0.15) is 15.9 Å². The van der Waals surface area contributed by atoms with Gasteiger partial charge in [-0.2, -0.15) is 0 Å². The molecule has 0 unspecified atom stereocenters. The van der Waals surface area contributed by atoms with Gasteiger partial charge in [0.25, 0.3) is 0 Å². The molecule has 0 spiro atoms. The zero-order valence-electron chi connectivity index (χ0n) is 8.18. The van der Waals surface area contributed by atoms with E-state index in [1.54, 1.807) is 0 Å². The van der Waals surface area contributed by atoms with E-state index < -0.39 is 0 Å². The summed E-state index contributed by atoms with van der Waals surface area (Å²) in [4.78, 5) is 11.8. The van der Waals surface area contributed by atoms with Crippen molar-refractivity contribution in [3.8, 4) is 0 Å². The first kappa shape index (κ1) is 12.1. The Kier molecular flexibility index (Phi) is 4.68. The molecule has 0 fully saturated rings. The van der Waals surface area contributed by atoms with E-state index in [-0.39, 0.29) is 33.1 Å². The van der Waals surface area contributed by atoms with Crippen molar-refractivity contribution in [1.29, 1.82) is 0 Å². The summed E-state index contributed by atoms with van der Waals surface area (Å²) in [6, 6.07) is 18.6. The van der Waals surface area contributed by atoms with Crippen molar-refractivity contribution in [2.75, 3.05) is 0 Å². The van der Waals surface area contributed by atoms with Gasteiger partial charge in [-0.05, 0) is 0 Å². The SMILES string of the molecule is O=C(c1ccccc1)c1ccccc1.[Pb]. The molecule has 0 aliphatic carbocycles. The molecule has 2 aromatic carbocycles. The van der Waals surface area contributed by atoms with Gasteiger partial charge in [-0.1, -0.05) is 60.7 Å². The molecule has 0 aromatic heterocycles. The average Bonchev–Trinajstić information content (AvgIpc) is 2.30. The van der Waals surface area contributed by atoms with Gasteiger partial charge >= 0.3 is 0 Å². The van der Waals surface area contributed by atoms with E-state index in [4.69, 9.17) is 0 Å². The van der Waals surface area contributed by atoms with Crippen molar-refractivity contribution in [1.82, 2.24) is 0 Å². The molecular formula is C13H10OPb. The number of hydrogen-bond donors (Lipinski definition) is 0. The van der Waals surface area contributed by atoms with Gasteiger partial charge < -0.3 is 0 Å². The van der Waals surface area contributed by atoms with Gasteiger partial charge in [0.2, 0.25) is 0 Å². The van der Waals surface area contributed by atoms with Crippen LogP contribution in [0.25, 0.3) is 0 Å². The second kappa shape index (κ2) is 5.80. The fraction of sp³-hybridized carbons (Fsp3) is 0. The van der Waals surface area contributed by atoms with E-state index in [1.165, 1.54) is 0 Å². The Morgan fingerprint density at radius 1 is 0.667 bits per heavy atom. The second-order valence-electron chi connectivity index (χ2n) is 3.06. The normalized spacial score (nSPS) is 9.07. The van der Waals surface area contributed by atoms with E-state index in [0.29, 0.717) is 0 Å². The number of benzene rings is 2. The summed E-state index contributed by atoms with van der Waals surface area (Å²) >= 11 is 0. The van der Waals surface area contributed by atoms with Crippen molar-refractivity contribution in [2.45, 2.75) is 0 Å². The summed E-state index contributed by atoms with van der Waals surface area (Å²) in [5.74, 6) is 0.0752. The van der Waals surface area contributed by atoms with Crippen LogP contribution in [0.4, 0.5) is 0 Å². The molecule has 1 nitrogen and oxygen atoms in total. The molecule has 4 radical (unpaired) electrons. The van der Waals surface area contributed by atoms with Gasteiger partial charge in [-0.3, -0.25) is 4.79 Å². The molecule has 0 aliphatic rings. The van der Waals surface area contributed by atoms with Gasteiger partial charge in [0.05, 0.1) is 0 Å². The summed E-state index contributed by atoms with van der Waals surface area (Å²) in [5, 5.41) is 0. The largest absolute Gasteiger partial charge is 0.289 e. The first-order valence-electron chi connectivity index (χ1n) is 4.53. The molecule has 0 saturated carbocycles. The number of hydrogen-bond acceptors (Lipinski definition) is 1. The van der Waals surface area contributed by atoms with Crippen molar-refractivity contribution >= 4 is 33.1 Å². The maximum absolute atomic E-state index is 11.8. The predicted molar refractivity (Wildman–Crippen MR) is 62.1 cm³/mol. The van der Waals surface area contributed by atoms with Crippen LogP contribution in [0.3, 0.4) is 0 Å². The third-order valence-electron chi connectivity index (χ3n) is 2.07. The van der Waals surface area contributed by atoms with Crippen LogP contribution < -0.4 is 0 Å². The average molecular weight is 389 g/mol. The smallest absolute Gasteiger partial charge is 0.193 e. The van der Waals surface area contributed by atoms with E-state index >= 15 is 0 Å². The molecule has 2 heteroatoms. The van der Waals surface area contributed by atoms with E-state index in [0.717, 1.165) is 11.1 Å². The van der Waals surface area contributed by atoms with Crippen LogP contribution in [0.15, 0.2) is 60.7 Å².